The molecule has 1 aromatic heterocycles. The second-order valence-electron chi connectivity index (χ2n) is 7.21. The number of carbonyl (C=O) groups excluding carboxylic acids is 1. The van der Waals surface area contributed by atoms with Gasteiger partial charge in [-0.15, -0.1) is 0 Å². The average molecular weight is 372 g/mol. The molecule has 1 unspecified atom stereocenters. The number of Topliss-reactive ketones (excluding diaryl/α,β-unsaturated/α-hetero) is 1. The average Bonchev–Trinajstić information content (AvgIpc) is 3.24. The minimum absolute atomic E-state index is 0.155. The number of hydrogen-bond donors (Lipinski definition) is 1. The molecule has 1 heterocycles. The Bertz CT molecular complexity index is 1060. The number of rotatable bonds is 4. The fraction of sp³-hybridized carbons (Fsp3) is 0.217. The fourth-order valence-electron chi connectivity index (χ4n) is 4.15. The van der Waals surface area contributed by atoms with Crippen LogP contribution >= 0.6 is 0 Å². The number of allylic oxidation sites excluding steroid dienone is 2. The molecule has 0 bridgehead atoms. The number of nitrogens with zero attached hydrogens (tertiary/aromatic N) is 1. The molecule has 3 aromatic rings. The van der Waals surface area contributed by atoms with Crippen LogP contribution in [0.3, 0.4) is 0 Å². The maximum atomic E-state index is 12.7. The molecule has 1 atom stereocenters. The molecule has 0 radical (unpaired) electrons. The van der Waals surface area contributed by atoms with E-state index in [1.165, 1.54) is 0 Å². The molecule has 5 rings (SSSR count). The van der Waals surface area contributed by atoms with Crippen molar-refractivity contribution in [2.24, 2.45) is 0 Å². The van der Waals surface area contributed by atoms with Gasteiger partial charge in [-0.1, -0.05) is 42.5 Å². The smallest absolute Gasteiger partial charge is 0.292 e. The third kappa shape index (κ3) is 2.80. The van der Waals surface area contributed by atoms with Crippen LogP contribution in [0.15, 0.2) is 64.6 Å². The molecule has 5 heteroatoms. The number of fused-ring (bicyclic) bond motifs is 2. The van der Waals surface area contributed by atoms with Crippen molar-refractivity contribution in [3.05, 3.63) is 82.8 Å². The van der Waals surface area contributed by atoms with E-state index >= 15 is 0 Å². The largest absolute Gasteiger partial charge is 0.489 e. The Morgan fingerprint density at radius 2 is 1.86 bits per heavy atom. The Morgan fingerprint density at radius 1 is 1.07 bits per heavy atom. The van der Waals surface area contributed by atoms with Crippen molar-refractivity contribution in [1.82, 2.24) is 4.98 Å². The van der Waals surface area contributed by atoms with Gasteiger partial charge in [0.15, 0.2) is 11.5 Å². The summed E-state index contributed by atoms with van der Waals surface area (Å²) in [6.07, 6.45) is 2.25. The monoisotopic (exact) mass is 372 g/mol. The maximum absolute atomic E-state index is 12.7. The summed E-state index contributed by atoms with van der Waals surface area (Å²) in [7, 11) is 0. The van der Waals surface area contributed by atoms with Crippen molar-refractivity contribution < 1.29 is 13.9 Å². The first-order valence-electron chi connectivity index (χ1n) is 9.50. The van der Waals surface area contributed by atoms with Gasteiger partial charge < -0.3 is 14.9 Å². The first-order valence-corrected chi connectivity index (χ1v) is 9.50. The quantitative estimate of drug-likeness (QED) is 0.730. The molecule has 0 saturated heterocycles. The van der Waals surface area contributed by atoms with Gasteiger partial charge >= 0.3 is 0 Å². The number of carbonyl (C=O) groups is 1. The summed E-state index contributed by atoms with van der Waals surface area (Å²) in [5.41, 5.74) is 10.5. The Balaban J connectivity index is 1.44. The zero-order chi connectivity index (χ0) is 19.1. The van der Waals surface area contributed by atoms with Gasteiger partial charge in [-0.2, -0.15) is 4.98 Å². The summed E-state index contributed by atoms with van der Waals surface area (Å²) in [5.74, 6) is 1.45. The van der Waals surface area contributed by atoms with Gasteiger partial charge in [-0.25, -0.2) is 0 Å². The van der Waals surface area contributed by atoms with E-state index in [-0.39, 0.29) is 17.7 Å². The van der Waals surface area contributed by atoms with Crippen molar-refractivity contribution >= 4 is 17.4 Å². The second kappa shape index (κ2) is 6.68. The molecular weight excluding hydrogens is 352 g/mol. The van der Waals surface area contributed by atoms with Crippen LogP contribution in [0.2, 0.25) is 0 Å². The van der Waals surface area contributed by atoms with E-state index in [0.717, 1.165) is 46.6 Å². The second-order valence-corrected chi connectivity index (χ2v) is 7.21. The Morgan fingerprint density at radius 3 is 2.64 bits per heavy atom. The van der Waals surface area contributed by atoms with E-state index < -0.39 is 0 Å². The SMILES string of the molecule is Nc1nc2c(o1)C1=C(C(=O)CCC1)C2c1ccc(OCc2ccccc2)cc1. The number of hydrogen-bond acceptors (Lipinski definition) is 5. The van der Waals surface area contributed by atoms with E-state index in [0.29, 0.717) is 18.8 Å². The van der Waals surface area contributed by atoms with E-state index in [1.54, 1.807) is 0 Å². The minimum Gasteiger partial charge on any atom is -0.489 e. The number of anilines is 1. The first-order chi connectivity index (χ1) is 13.7. The Hall–Kier alpha value is -3.34. The van der Waals surface area contributed by atoms with Crippen molar-refractivity contribution in [2.75, 3.05) is 5.73 Å². The van der Waals surface area contributed by atoms with E-state index in [9.17, 15) is 4.79 Å². The predicted molar refractivity (Wildman–Crippen MR) is 106 cm³/mol. The lowest BCUT2D eigenvalue weighted by molar-refractivity contribution is -0.116. The number of nitrogen functional groups attached to an aromatic ring is 1. The zero-order valence-electron chi connectivity index (χ0n) is 15.4. The summed E-state index contributed by atoms with van der Waals surface area (Å²) in [6, 6.07) is 18.1. The number of aromatic nitrogens is 1. The van der Waals surface area contributed by atoms with Crippen LogP contribution in [0.1, 0.15) is 47.8 Å². The fourth-order valence-corrected chi connectivity index (χ4v) is 4.15. The highest BCUT2D eigenvalue weighted by molar-refractivity contribution is 6.08. The first kappa shape index (κ1) is 16.8. The lowest BCUT2D eigenvalue weighted by Gasteiger charge is -2.19. The third-order valence-corrected chi connectivity index (χ3v) is 5.42. The summed E-state index contributed by atoms with van der Waals surface area (Å²) >= 11 is 0. The molecule has 2 aromatic carbocycles. The third-order valence-electron chi connectivity index (χ3n) is 5.42. The van der Waals surface area contributed by atoms with Crippen molar-refractivity contribution in [2.45, 2.75) is 31.8 Å². The van der Waals surface area contributed by atoms with Crippen LogP contribution < -0.4 is 10.5 Å². The molecule has 0 saturated carbocycles. The minimum atomic E-state index is -0.206. The van der Waals surface area contributed by atoms with Gasteiger partial charge in [0.1, 0.15) is 18.1 Å². The van der Waals surface area contributed by atoms with E-state index in [1.807, 2.05) is 54.6 Å². The molecule has 0 amide bonds. The number of ketones is 1. The van der Waals surface area contributed by atoms with Gasteiger partial charge in [0.25, 0.3) is 6.01 Å². The topological polar surface area (TPSA) is 78.4 Å². The van der Waals surface area contributed by atoms with Crippen LogP contribution in [0.4, 0.5) is 6.01 Å². The molecule has 2 N–H and O–H groups in total. The standard InChI is InChI=1S/C23H20N2O3/c24-23-25-21-19(20-17(22(21)28-23)7-4-8-18(20)26)15-9-11-16(12-10-15)27-13-14-5-2-1-3-6-14/h1-3,5-6,9-12,19H,4,7-8,13H2,(H2,24,25). The molecular formula is C23H20N2O3. The van der Waals surface area contributed by atoms with Crippen LogP contribution in [-0.2, 0) is 11.4 Å². The lowest BCUT2D eigenvalue weighted by atomic mass is 9.84. The normalized spacial score (nSPS) is 18.1. The van der Waals surface area contributed by atoms with E-state index in [4.69, 9.17) is 14.9 Å². The Labute approximate surface area is 162 Å². The number of benzene rings is 2. The van der Waals surface area contributed by atoms with Gasteiger partial charge in [0.2, 0.25) is 0 Å². The number of oxazole rings is 1. The summed E-state index contributed by atoms with van der Waals surface area (Å²) in [5, 5.41) is 0. The highest BCUT2D eigenvalue weighted by Crippen LogP contribution is 2.50. The van der Waals surface area contributed by atoms with Gasteiger partial charge in [0.05, 0.1) is 5.92 Å². The predicted octanol–water partition coefficient (Wildman–Crippen LogP) is 4.49. The van der Waals surface area contributed by atoms with Crippen molar-refractivity contribution in [1.29, 1.82) is 0 Å². The van der Waals surface area contributed by atoms with Crippen molar-refractivity contribution in [3.63, 3.8) is 0 Å². The summed E-state index contributed by atoms with van der Waals surface area (Å²) in [4.78, 5) is 17.0. The van der Waals surface area contributed by atoms with Crippen LogP contribution in [0.25, 0.3) is 5.57 Å². The number of nitrogens with two attached hydrogens (primary N) is 1. The summed E-state index contributed by atoms with van der Waals surface area (Å²) < 4.78 is 11.5. The van der Waals surface area contributed by atoms with Gasteiger partial charge in [-0.3, -0.25) is 4.79 Å². The molecule has 5 nitrogen and oxygen atoms in total. The van der Waals surface area contributed by atoms with Crippen molar-refractivity contribution in [3.8, 4) is 5.75 Å². The molecule has 2 aliphatic rings. The maximum Gasteiger partial charge on any atom is 0.292 e. The lowest BCUT2D eigenvalue weighted by Crippen LogP contribution is -2.14. The highest BCUT2D eigenvalue weighted by atomic mass is 16.5. The zero-order valence-corrected chi connectivity index (χ0v) is 15.4. The van der Waals surface area contributed by atoms with Crippen LogP contribution in [0, 0.1) is 0 Å². The molecule has 0 spiro atoms. The number of ether oxygens (including phenoxy) is 1. The summed E-state index contributed by atoms with van der Waals surface area (Å²) in [6.45, 7) is 0.515. The van der Waals surface area contributed by atoms with Crippen LogP contribution in [0.5, 0.6) is 5.75 Å². The molecule has 28 heavy (non-hydrogen) atoms. The molecule has 2 aliphatic carbocycles. The highest BCUT2D eigenvalue weighted by Gasteiger charge is 2.41. The van der Waals surface area contributed by atoms with Gasteiger partial charge in [-0.05, 0) is 36.1 Å². The molecule has 140 valence electrons. The van der Waals surface area contributed by atoms with Crippen LogP contribution in [-0.4, -0.2) is 10.8 Å². The molecule has 0 aliphatic heterocycles. The van der Waals surface area contributed by atoms with E-state index in [2.05, 4.69) is 4.98 Å². The van der Waals surface area contributed by atoms with Gasteiger partial charge in [0, 0.05) is 17.6 Å². The molecule has 0 fully saturated rings. The Kier molecular flexibility index (Phi) is 4.01.